The number of carbonyl (C=O) groups excluding carboxylic acids is 1. The van der Waals surface area contributed by atoms with Crippen LogP contribution >= 0.6 is 0 Å². The SMILES string of the molecule is CCOC(=O)[C@@](O)(CCc1ccccc1)C[N+](=O)[O-]. The van der Waals surface area contributed by atoms with Crippen LogP contribution in [0.4, 0.5) is 0 Å². The van der Waals surface area contributed by atoms with E-state index in [0.29, 0.717) is 6.42 Å². The molecule has 6 heteroatoms. The van der Waals surface area contributed by atoms with Crippen LogP contribution in [0.25, 0.3) is 0 Å². The van der Waals surface area contributed by atoms with Gasteiger partial charge in [-0.05, 0) is 25.3 Å². The summed E-state index contributed by atoms with van der Waals surface area (Å²) in [5.41, 5.74) is -1.18. The lowest BCUT2D eigenvalue weighted by Gasteiger charge is -2.21. The highest BCUT2D eigenvalue weighted by Crippen LogP contribution is 2.17. The molecule has 0 aliphatic carbocycles. The van der Waals surface area contributed by atoms with Crippen LogP contribution in [-0.4, -0.2) is 34.8 Å². The molecule has 0 saturated carbocycles. The number of aryl methyl sites for hydroxylation is 1. The zero-order chi connectivity index (χ0) is 14.3. The van der Waals surface area contributed by atoms with E-state index in [1.54, 1.807) is 6.92 Å². The van der Waals surface area contributed by atoms with Crippen molar-refractivity contribution in [1.82, 2.24) is 0 Å². The lowest BCUT2D eigenvalue weighted by atomic mass is 9.95. The Bertz CT molecular complexity index is 434. The van der Waals surface area contributed by atoms with Crippen molar-refractivity contribution in [3.8, 4) is 0 Å². The second kappa shape index (κ2) is 6.84. The van der Waals surface area contributed by atoms with Gasteiger partial charge in [0, 0.05) is 4.92 Å². The largest absolute Gasteiger partial charge is 0.464 e. The highest BCUT2D eigenvalue weighted by Gasteiger charge is 2.42. The molecule has 0 heterocycles. The van der Waals surface area contributed by atoms with E-state index in [-0.39, 0.29) is 13.0 Å². The fraction of sp³-hybridized carbons (Fsp3) is 0.462. The van der Waals surface area contributed by atoms with Crippen molar-refractivity contribution >= 4 is 5.97 Å². The van der Waals surface area contributed by atoms with Gasteiger partial charge in [-0.1, -0.05) is 30.3 Å². The van der Waals surface area contributed by atoms with Gasteiger partial charge in [0.2, 0.25) is 12.1 Å². The van der Waals surface area contributed by atoms with Crippen molar-refractivity contribution < 1.29 is 19.6 Å². The summed E-state index contributed by atoms with van der Waals surface area (Å²) in [7, 11) is 0. The van der Waals surface area contributed by atoms with E-state index in [4.69, 9.17) is 4.74 Å². The third-order valence-electron chi connectivity index (χ3n) is 2.72. The van der Waals surface area contributed by atoms with Crippen LogP contribution < -0.4 is 0 Å². The fourth-order valence-electron chi connectivity index (χ4n) is 1.72. The minimum absolute atomic E-state index is 0.0448. The number of nitrogens with zero attached hydrogens (tertiary/aromatic N) is 1. The number of esters is 1. The monoisotopic (exact) mass is 267 g/mol. The first-order valence-electron chi connectivity index (χ1n) is 6.03. The first kappa shape index (κ1) is 15.1. The van der Waals surface area contributed by atoms with Crippen LogP contribution in [-0.2, 0) is 16.0 Å². The van der Waals surface area contributed by atoms with Crippen molar-refractivity contribution in [2.45, 2.75) is 25.4 Å². The minimum atomic E-state index is -2.07. The zero-order valence-corrected chi connectivity index (χ0v) is 10.7. The molecular formula is C13H17NO5. The number of nitro groups is 1. The Morgan fingerprint density at radius 3 is 2.58 bits per heavy atom. The van der Waals surface area contributed by atoms with Gasteiger partial charge in [0.1, 0.15) is 0 Å². The Kier molecular flexibility index (Phi) is 5.44. The highest BCUT2D eigenvalue weighted by atomic mass is 16.6. The Morgan fingerprint density at radius 1 is 1.42 bits per heavy atom. The van der Waals surface area contributed by atoms with Crippen LogP contribution in [0.5, 0.6) is 0 Å². The molecule has 0 aromatic heterocycles. The van der Waals surface area contributed by atoms with Crippen molar-refractivity contribution in [3.63, 3.8) is 0 Å². The molecule has 1 aromatic carbocycles. The number of carbonyl (C=O) groups is 1. The molecule has 6 nitrogen and oxygen atoms in total. The molecule has 0 fully saturated rings. The summed E-state index contributed by atoms with van der Waals surface area (Å²) >= 11 is 0. The lowest BCUT2D eigenvalue weighted by molar-refractivity contribution is -0.497. The van der Waals surface area contributed by atoms with Crippen LogP contribution in [0.3, 0.4) is 0 Å². The van der Waals surface area contributed by atoms with Gasteiger partial charge in [-0.15, -0.1) is 0 Å². The molecule has 0 radical (unpaired) electrons. The van der Waals surface area contributed by atoms with Gasteiger partial charge in [-0.2, -0.15) is 0 Å². The predicted molar refractivity (Wildman–Crippen MR) is 68.2 cm³/mol. The van der Waals surface area contributed by atoms with Gasteiger partial charge in [0.25, 0.3) is 0 Å². The van der Waals surface area contributed by atoms with Crippen molar-refractivity contribution in [2.75, 3.05) is 13.2 Å². The summed E-state index contributed by atoms with van der Waals surface area (Å²) in [6.07, 6.45) is 0.320. The van der Waals surface area contributed by atoms with Gasteiger partial charge in [-0.25, -0.2) is 4.79 Å². The fourth-order valence-corrected chi connectivity index (χ4v) is 1.72. The second-order valence-corrected chi connectivity index (χ2v) is 4.23. The van der Waals surface area contributed by atoms with Crippen LogP contribution in [0.1, 0.15) is 18.9 Å². The predicted octanol–water partition coefficient (Wildman–Crippen LogP) is 1.19. The van der Waals surface area contributed by atoms with Gasteiger partial charge >= 0.3 is 5.97 Å². The van der Waals surface area contributed by atoms with Gasteiger partial charge in [-0.3, -0.25) is 10.1 Å². The Hall–Kier alpha value is -1.95. The number of aliphatic hydroxyl groups is 1. The zero-order valence-electron chi connectivity index (χ0n) is 10.7. The van der Waals surface area contributed by atoms with Gasteiger partial charge in [0.15, 0.2) is 0 Å². The smallest absolute Gasteiger partial charge is 0.345 e. The van der Waals surface area contributed by atoms with E-state index in [0.717, 1.165) is 5.56 Å². The normalized spacial score (nSPS) is 13.6. The average Bonchev–Trinajstić information content (AvgIpc) is 2.37. The lowest BCUT2D eigenvalue weighted by Crippen LogP contribution is -2.46. The summed E-state index contributed by atoms with van der Waals surface area (Å²) in [6.45, 7) is 0.810. The summed E-state index contributed by atoms with van der Waals surface area (Å²) in [6, 6.07) is 9.16. The Morgan fingerprint density at radius 2 is 2.05 bits per heavy atom. The molecule has 19 heavy (non-hydrogen) atoms. The summed E-state index contributed by atoms with van der Waals surface area (Å²) in [5.74, 6) is -0.942. The molecule has 0 unspecified atom stereocenters. The van der Waals surface area contributed by atoms with Gasteiger partial charge < -0.3 is 9.84 Å². The maximum absolute atomic E-state index is 11.6. The molecule has 1 N–H and O–H groups in total. The summed E-state index contributed by atoms with van der Waals surface area (Å²) in [4.78, 5) is 21.5. The molecule has 1 aromatic rings. The van der Waals surface area contributed by atoms with Gasteiger partial charge in [0.05, 0.1) is 6.61 Å². The average molecular weight is 267 g/mol. The van der Waals surface area contributed by atoms with E-state index < -0.39 is 23.0 Å². The van der Waals surface area contributed by atoms with E-state index >= 15 is 0 Å². The maximum Gasteiger partial charge on any atom is 0.345 e. The van der Waals surface area contributed by atoms with E-state index in [2.05, 4.69) is 0 Å². The number of hydrogen-bond acceptors (Lipinski definition) is 5. The third-order valence-corrected chi connectivity index (χ3v) is 2.72. The number of benzene rings is 1. The van der Waals surface area contributed by atoms with Crippen molar-refractivity contribution in [3.05, 3.63) is 46.0 Å². The molecule has 0 saturated heterocycles. The first-order chi connectivity index (χ1) is 8.98. The first-order valence-corrected chi connectivity index (χ1v) is 6.03. The molecular weight excluding hydrogens is 250 g/mol. The molecule has 104 valence electrons. The number of rotatable bonds is 7. The van der Waals surface area contributed by atoms with Crippen LogP contribution in [0, 0.1) is 10.1 Å². The molecule has 1 atom stereocenters. The third kappa shape index (κ3) is 4.67. The van der Waals surface area contributed by atoms with Crippen LogP contribution in [0.15, 0.2) is 30.3 Å². The van der Waals surface area contributed by atoms with E-state index in [1.807, 2.05) is 30.3 Å². The highest BCUT2D eigenvalue weighted by molar-refractivity contribution is 5.79. The summed E-state index contributed by atoms with van der Waals surface area (Å²) in [5, 5.41) is 20.7. The van der Waals surface area contributed by atoms with E-state index in [1.165, 1.54) is 0 Å². The quantitative estimate of drug-likeness (QED) is 0.455. The Balaban J connectivity index is 2.74. The van der Waals surface area contributed by atoms with Crippen LogP contribution in [0.2, 0.25) is 0 Å². The van der Waals surface area contributed by atoms with Crippen molar-refractivity contribution in [1.29, 1.82) is 0 Å². The number of ether oxygens (including phenoxy) is 1. The topological polar surface area (TPSA) is 89.7 Å². The minimum Gasteiger partial charge on any atom is -0.464 e. The molecule has 1 rings (SSSR count). The standard InChI is InChI=1S/C13H17NO5/c1-2-19-12(15)13(16,10-14(17)18)9-8-11-6-4-3-5-7-11/h3-7,16H,2,8-10H2,1H3/t13-/m1/s1. The summed E-state index contributed by atoms with van der Waals surface area (Å²) < 4.78 is 4.70. The molecule has 0 spiro atoms. The van der Waals surface area contributed by atoms with E-state index in [9.17, 15) is 20.0 Å². The number of hydrogen-bond donors (Lipinski definition) is 1. The maximum atomic E-state index is 11.6. The Labute approximate surface area is 111 Å². The van der Waals surface area contributed by atoms with Crippen molar-refractivity contribution in [2.24, 2.45) is 0 Å². The second-order valence-electron chi connectivity index (χ2n) is 4.23. The molecule has 0 aliphatic heterocycles. The molecule has 0 bridgehead atoms. The molecule has 0 amide bonds. The molecule has 0 aliphatic rings.